The first kappa shape index (κ1) is 9.76. The Bertz CT molecular complexity index is 188. The summed E-state index contributed by atoms with van der Waals surface area (Å²) in [5, 5.41) is 19.0. The number of amides is 1. The van der Waals surface area contributed by atoms with Crippen molar-refractivity contribution < 1.29 is 9.90 Å². The van der Waals surface area contributed by atoms with Crippen LogP contribution in [0, 0.1) is 16.7 Å². The van der Waals surface area contributed by atoms with Gasteiger partial charge in [-0.05, 0) is 5.41 Å². The monoisotopic (exact) mass is 156 g/mol. The first-order valence-electron chi connectivity index (χ1n) is 3.27. The Kier molecular flexibility index (Phi) is 2.87. The second-order valence-corrected chi connectivity index (χ2v) is 3.38. The lowest BCUT2D eigenvalue weighted by Crippen LogP contribution is -2.41. The molecule has 11 heavy (non-hydrogen) atoms. The highest BCUT2D eigenvalue weighted by atomic mass is 16.4. The number of rotatable bonds is 1. The van der Waals surface area contributed by atoms with Gasteiger partial charge in [0.2, 0.25) is 0 Å². The Hall–Kier alpha value is -1.24. The normalized spacial score (nSPS) is 13.3. The van der Waals surface area contributed by atoms with Gasteiger partial charge in [0.25, 0.3) is 0 Å². The highest BCUT2D eigenvalue weighted by Crippen LogP contribution is 2.18. The number of nitrogens with one attached hydrogen (secondary N) is 1. The van der Waals surface area contributed by atoms with Crippen molar-refractivity contribution >= 4 is 6.09 Å². The van der Waals surface area contributed by atoms with E-state index in [4.69, 9.17) is 10.4 Å². The molecule has 0 heterocycles. The van der Waals surface area contributed by atoms with Crippen LogP contribution in [0.15, 0.2) is 0 Å². The number of nitriles is 1. The Labute approximate surface area is 65.8 Å². The number of hydrogen-bond donors (Lipinski definition) is 2. The molecule has 0 aliphatic heterocycles. The summed E-state index contributed by atoms with van der Waals surface area (Å²) < 4.78 is 0. The van der Waals surface area contributed by atoms with Crippen molar-refractivity contribution in [3.05, 3.63) is 0 Å². The summed E-state index contributed by atoms with van der Waals surface area (Å²) in [4.78, 5) is 10.2. The van der Waals surface area contributed by atoms with E-state index in [0.29, 0.717) is 0 Å². The van der Waals surface area contributed by atoms with E-state index >= 15 is 0 Å². The molecule has 0 saturated carbocycles. The number of nitrogens with zero attached hydrogens (tertiary/aromatic N) is 1. The van der Waals surface area contributed by atoms with Crippen LogP contribution in [0.2, 0.25) is 0 Å². The van der Waals surface area contributed by atoms with Gasteiger partial charge in [-0.2, -0.15) is 5.26 Å². The van der Waals surface area contributed by atoms with E-state index in [-0.39, 0.29) is 5.41 Å². The standard InChI is InChI=1S/C7H12N2O2/c1-7(2,3)5(4-8)9-6(10)11/h5,9H,1-3H3,(H,10,11)/t5-/m1/s1. The van der Waals surface area contributed by atoms with Crippen LogP contribution in [0.5, 0.6) is 0 Å². The molecule has 0 rings (SSSR count). The van der Waals surface area contributed by atoms with Crippen LogP contribution in [0.4, 0.5) is 4.79 Å². The maximum absolute atomic E-state index is 10.2. The highest BCUT2D eigenvalue weighted by molar-refractivity contribution is 5.65. The van der Waals surface area contributed by atoms with Crippen LogP contribution in [0.3, 0.4) is 0 Å². The molecule has 1 amide bonds. The van der Waals surface area contributed by atoms with Gasteiger partial charge in [0.1, 0.15) is 6.04 Å². The maximum Gasteiger partial charge on any atom is 0.405 e. The summed E-state index contributed by atoms with van der Waals surface area (Å²) in [6.07, 6.45) is -1.16. The minimum absolute atomic E-state index is 0.354. The van der Waals surface area contributed by atoms with Crippen LogP contribution in [-0.4, -0.2) is 17.2 Å². The minimum atomic E-state index is -1.16. The van der Waals surface area contributed by atoms with Crippen molar-refractivity contribution in [1.82, 2.24) is 5.32 Å². The summed E-state index contributed by atoms with van der Waals surface area (Å²) in [7, 11) is 0. The average Bonchev–Trinajstić information content (AvgIpc) is 1.79. The molecule has 4 heteroatoms. The third-order valence-corrected chi connectivity index (χ3v) is 1.26. The number of carboxylic acid groups (broad SMARTS) is 1. The molecule has 0 fully saturated rings. The van der Waals surface area contributed by atoms with Gasteiger partial charge in [0.05, 0.1) is 6.07 Å². The van der Waals surface area contributed by atoms with Crippen molar-refractivity contribution in [3.63, 3.8) is 0 Å². The van der Waals surface area contributed by atoms with Crippen LogP contribution in [0.25, 0.3) is 0 Å². The average molecular weight is 156 g/mol. The summed E-state index contributed by atoms with van der Waals surface area (Å²) in [6.45, 7) is 5.41. The lowest BCUT2D eigenvalue weighted by Gasteiger charge is -2.23. The molecular formula is C7H12N2O2. The van der Waals surface area contributed by atoms with Gasteiger partial charge in [0, 0.05) is 0 Å². The molecule has 2 N–H and O–H groups in total. The Morgan fingerprint density at radius 3 is 2.18 bits per heavy atom. The maximum atomic E-state index is 10.2. The van der Waals surface area contributed by atoms with Crippen molar-refractivity contribution in [2.45, 2.75) is 26.8 Å². The quantitative estimate of drug-likeness (QED) is 0.599. The van der Waals surface area contributed by atoms with E-state index in [1.807, 2.05) is 6.07 Å². The first-order chi connectivity index (χ1) is 4.88. The molecule has 0 spiro atoms. The SMILES string of the molecule is CC(C)(C)[C@@H](C#N)NC(=O)O. The molecular weight excluding hydrogens is 144 g/mol. The van der Waals surface area contributed by atoms with Crippen LogP contribution < -0.4 is 5.32 Å². The molecule has 1 atom stereocenters. The third kappa shape index (κ3) is 3.46. The third-order valence-electron chi connectivity index (χ3n) is 1.26. The van der Waals surface area contributed by atoms with Crippen molar-refractivity contribution in [2.24, 2.45) is 5.41 Å². The smallest absolute Gasteiger partial charge is 0.405 e. The zero-order chi connectivity index (χ0) is 9.07. The van der Waals surface area contributed by atoms with E-state index in [2.05, 4.69) is 5.32 Å². The molecule has 0 aromatic heterocycles. The fourth-order valence-corrected chi connectivity index (χ4v) is 0.566. The van der Waals surface area contributed by atoms with E-state index in [1.165, 1.54) is 0 Å². The van der Waals surface area contributed by atoms with Gasteiger partial charge < -0.3 is 10.4 Å². The fourth-order valence-electron chi connectivity index (χ4n) is 0.566. The van der Waals surface area contributed by atoms with E-state index in [1.54, 1.807) is 20.8 Å². The van der Waals surface area contributed by atoms with Gasteiger partial charge in [-0.15, -0.1) is 0 Å². The topological polar surface area (TPSA) is 73.1 Å². The summed E-state index contributed by atoms with van der Waals surface area (Å²) in [5.41, 5.74) is -0.354. The fraction of sp³-hybridized carbons (Fsp3) is 0.714. The molecule has 62 valence electrons. The lowest BCUT2D eigenvalue weighted by molar-refractivity contribution is 0.183. The van der Waals surface area contributed by atoms with Crippen LogP contribution in [0.1, 0.15) is 20.8 Å². The summed E-state index contributed by atoms with van der Waals surface area (Å²) in [5.74, 6) is 0. The summed E-state index contributed by atoms with van der Waals surface area (Å²) in [6, 6.07) is 1.23. The lowest BCUT2D eigenvalue weighted by atomic mass is 9.88. The first-order valence-corrected chi connectivity index (χ1v) is 3.27. The minimum Gasteiger partial charge on any atom is -0.465 e. The zero-order valence-corrected chi connectivity index (χ0v) is 6.88. The van der Waals surface area contributed by atoms with Crippen molar-refractivity contribution in [2.75, 3.05) is 0 Å². The molecule has 4 nitrogen and oxygen atoms in total. The molecule has 0 saturated heterocycles. The largest absolute Gasteiger partial charge is 0.465 e. The van der Waals surface area contributed by atoms with Crippen molar-refractivity contribution in [3.8, 4) is 6.07 Å². The van der Waals surface area contributed by atoms with E-state index in [0.717, 1.165) is 0 Å². The van der Waals surface area contributed by atoms with Crippen LogP contribution in [-0.2, 0) is 0 Å². The predicted octanol–water partition coefficient (Wildman–Crippen LogP) is 1.19. The number of hydrogen-bond acceptors (Lipinski definition) is 2. The highest BCUT2D eigenvalue weighted by Gasteiger charge is 2.25. The molecule has 0 aromatic rings. The Morgan fingerprint density at radius 2 is 2.09 bits per heavy atom. The van der Waals surface area contributed by atoms with Crippen molar-refractivity contribution in [1.29, 1.82) is 5.26 Å². The zero-order valence-electron chi connectivity index (χ0n) is 6.88. The summed E-state index contributed by atoms with van der Waals surface area (Å²) >= 11 is 0. The molecule has 0 unspecified atom stereocenters. The van der Waals surface area contributed by atoms with E-state index in [9.17, 15) is 4.79 Å². The molecule has 0 aromatic carbocycles. The molecule has 0 radical (unpaired) electrons. The van der Waals surface area contributed by atoms with Crippen LogP contribution >= 0.6 is 0 Å². The Balaban J connectivity index is 4.22. The number of carbonyl (C=O) groups is 1. The van der Waals surface area contributed by atoms with Gasteiger partial charge in [0.15, 0.2) is 0 Å². The van der Waals surface area contributed by atoms with E-state index < -0.39 is 12.1 Å². The molecule has 0 bridgehead atoms. The Morgan fingerprint density at radius 1 is 1.64 bits per heavy atom. The molecule has 0 aliphatic rings. The van der Waals surface area contributed by atoms with Gasteiger partial charge in [-0.1, -0.05) is 20.8 Å². The van der Waals surface area contributed by atoms with Gasteiger partial charge >= 0.3 is 6.09 Å². The second-order valence-electron chi connectivity index (χ2n) is 3.38. The van der Waals surface area contributed by atoms with Gasteiger partial charge in [-0.25, -0.2) is 4.79 Å². The van der Waals surface area contributed by atoms with Gasteiger partial charge in [-0.3, -0.25) is 0 Å². The predicted molar refractivity (Wildman–Crippen MR) is 40.0 cm³/mol. The molecule has 0 aliphatic carbocycles. The second kappa shape index (κ2) is 3.24.